The van der Waals surface area contributed by atoms with Crippen molar-refractivity contribution in [2.24, 2.45) is 23.9 Å². The number of rotatable bonds is 6. The Bertz CT molecular complexity index is 847. The Kier molecular flexibility index (Phi) is 7.28. The van der Waals surface area contributed by atoms with Crippen LogP contribution < -0.4 is 5.32 Å². The zero-order valence-corrected chi connectivity index (χ0v) is 19.4. The van der Waals surface area contributed by atoms with Gasteiger partial charge in [0.25, 0.3) is 0 Å². The summed E-state index contributed by atoms with van der Waals surface area (Å²) in [5, 5.41) is 7.99. The highest BCUT2D eigenvalue weighted by atomic mass is 15.3. The fraction of sp³-hybridized carbons (Fsp3) is 0.600. The van der Waals surface area contributed by atoms with Crippen LogP contribution in [-0.4, -0.2) is 65.3 Å². The molecule has 1 N–H and O–H groups in total. The van der Waals surface area contributed by atoms with Crippen LogP contribution in [0.5, 0.6) is 0 Å². The molecule has 1 atom stereocenters. The molecule has 0 saturated carbocycles. The minimum atomic E-state index is 0.688. The number of hydrogen-bond acceptors (Lipinski definition) is 3. The van der Waals surface area contributed by atoms with E-state index >= 15 is 0 Å². The van der Waals surface area contributed by atoms with Gasteiger partial charge in [-0.3, -0.25) is 14.6 Å². The number of benzene rings is 1. The molecule has 6 nitrogen and oxygen atoms in total. The van der Waals surface area contributed by atoms with Crippen LogP contribution in [0.4, 0.5) is 0 Å². The summed E-state index contributed by atoms with van der Waals surface area (Å²) < 4.78 is 1.90. The van der Waals surface area contributed by atoms with E-state index in [-0.39, 0.29) is 0 Å². The van der Waals surface area contributed by atoms with Gasteiger partial charge in [-0.15, -0.1) is 0 Å². The number of piperidine rings is 1. The van der Waals surface area contributed by atoms with Gasteiger partial charge < -0.3 is 10.2 Å². The summed E-state index contributed by atoms with van der Waals surface area (Å²) >= 11 is 0. The lowest BCUT2D eigenvalue weighted by Crippen LogP contribution is -2.44. The van der Waals surface area contributed by atoms with Gasteiger partial charge in [0.1, 0.15) is 0 Å². The predicted octanol–water partition coefficient (Wildman–Crippen LogP) is 3.08. The molecule has 0 radical (unpaired) electrons. The standard InChI is InChI=1S/C25H38N6/c1-20-4-6-22(7-5-20)18-30-11-8-21(9-12-30)15-27-25(26-2)31-13-10-23(19-31)14-24-16-28-29(3)17-24/h4-7,16-17,21,23H,8-15,18-19H2,1-3H3,(H,26,27). The Balaban J connectivity index is 1.18. The summed E-state index contributed by atoms with van der Waals surface area (Å²) in [7, 11) is 3.91. The van der Waals surface area contributed by atoms with Crippen LogP contribution >= 0.6 is 0 Å². The Morgan fingerprint density at radius 2 is 1.81 bits per heavy atom. The van der Waals surface area contributed by atoms with Crippen molar-refractivity contribution in [1.29, 1.82) is 0 Å². The largest absolute Gasteiger partial charge is 0.356 e. The lowest BCUT2D eigenvalue weighted by Gasteiger charge is -2.33. The van der Waals surface area contributed by atoms with E-state index in [1.165, 1.54) is 49.0 Å². The Morgan fingerprint density at radius 1 is 1.06 bits per heavy atom. The molecule has 3 heterocycles. The number of likely N-dealkylation sites (tertiary alicyclic amines) is 2. The van der Waals surface area contributed by atoms with Crippen LogP contribution in [0.1, 0.15) is 36.0 Å². The first-order chi connectivity index (χ1) is 15.1. The third-order valence-corrected chi connectivity index (χ3v) is 6.86. The zero-order valence-electron chi connectivity index (χ0n) is 19.4. The van der Waals surface area contributed by atoms with Crippen LogP contribution in [0, 0.1) is 18.8 Å². The highest BCUT2D eigenvalue weighted by Crippen LogP contribution is 2.22. The van der Waals surface area contributed by atoms with Crippen molar-refractivity contribution >= 4 is 5.96 Å². The van der Waals surface area contributed by atoms with Crippen molar-refractivity contribution in [3.8, 4) is 0 Å². The van der Waals surface area contributed by atoms with Crippen molar-refractivity contribution in [2.45, 2.75) is 39.2 Å². The van der Waals surface area contributed by atoms with Gasteiger partial charge >= 0.3 is 0 Å². The average molecular weight is 423 g/mol. The molecule has 2 fully saturated rings. The smallest absolute Gasteiger partial charge is 0.193 e. The maximum Gasteiger partial charge on any atom is 0.193 e. The zero-order chi connectivity index (χ0) is 21.6. The van der Waals surface area contributed by atoms with Crippen molar-refractivity contribution < 1.29 is 0 Å². The van der Waals surface area contributed by atoms with Crippen molar-refractivity contribution in [1.82, 2.24) is 24.9 Å². The number of guanidine groups is 1. The van der Waals surface area contributed by atoms with Gasteiger partial charge in [0, 0.05) is 46.5 Å². The molecule has 168 valence electrons. The van der Waals surface area contributed by atoms with Gasteiger partial charge in [0.2, 0.25) is 0 Å². The third kappa shape index (κ3) is 6.10. The molecule has 1 unspecified atom stereocenters. The quantitative estimate of drug-likeness (QED) is 0.574. The molecule has 0 aliphatic carbocycles. The number of nitrogens with zero attached hydrogens (tertiary/aromatic N) is 5. The van der Waals surface area contributed by atoms with Crippen molar-refractivity contribution in [3.63, 3.8) is 0 Å². The molecule has 2 aliphatic rings. The van der Waals surface area contributed by atoms with E-state index in [2.05, 4.69) is 62.6 Å². The Hall–Kier alpha value is -2.34. The summed E-state index contributed by atoms with van der Waals surface area (Å²) in [5.74, 6) is 2.50. The number of aromatic nitrogens is 2. The summed E-state index contributed by atoms with van der Waals surface area (Å²) in [6.45, 7) is 8.83. The van der Waals surface area contributed by atoms with Crippen molar-refractivity contribution in [3.05, 3.63) is 53.3 Å². The van der Waals surface area contributed by atoms with Crippen LogP contribution in [0.3, 0.4) is 0 Å². The van der Waals surface area contributed by atoms with Gasteiger partial charge in [0.15, 0.2) is 5.96 Å². The normalized spacial score (nSPS) is 21.1. The van der Waals surface area contributed by atoms with E-state index in [1.807, 2.05) is 25.0 Å². The van der Waals surface area contributed by atoms with Crippen LogP contribution in [0.15, 0.2) is 41.7 Å². The molecular weight excluding hydrogens is 384 g/mol. The van der Waals surface area contributed by atoms with Gasteiger partial charge in [-0.2, -0.15) is 5.10 Å². The topological polar surface area (TPSA) is 48.7 Å². The van der Waals surface area contributed by atoms with Gasteiger partial charge in [-0.05, 0) is 68.7 Å². The minimum Gasteiger partial charge on any atom is -0.356 e. The maximum absolute atomic E-state index is 4.58. The lowest BCUT2D eigenvalue weighted by atomic mass is 9.96. The van der Waals surface area contributed by atoms with Crippen molar-refractivity contribution in [2.75, 3.05) is 39.8 Å². The van der Waals surface area contributed by atoms with E-state index in [0.29, 0.717) is 5.92 Å². The Labute approximate surface area is 187 Å². The van der Waals surface area contributed by atoms with Crippen LogP contribution in [-0.2, 0) is 20.0 Å². The first-order valence-corrected chi connectivity index (χ1v) is 11.8. The fourth-order valence-electron chi connectivity index (χ4n) is 4.97. The highest BCUT2D eigenvalue weighted by Gasteiger charge is 2.26. The summed E-state index contributed by atoms with van der Waals surface area (Å²) in [5.41, 5.74) is 4.11. The Morgan fingerprint density at radius 3 is 2.48 bits per heavy atom. The predicted molar refractivity (Wildman–Crippen MR) is 127 cm³/mol. The average Bonchev–Trinajstić information content (AvgIpc) is 3.40. The molecule has 1 aromatic heterocycles. The molecule has 2 aliphatic heterocycles. The first-order valence-electron chi connectivity index (χ1n) is 11.8. The van der Waals surface area contributed by atoms with E-state index in [1.54, 1.807) is 0 Å². The third-order valence-electron chi connectivity index (χ3n) is 6.86. The monoisotopic (exact) mass is 422 g/mol. The van der Waals surface area contributed by atoms with E-state index in [9.17, 15) is 0 Å². The molecule has 0 amide bonds. The number of aliphatic imine (C=N–C) groups is 1. The maximum atomic E-state index is 4.58. The molecular formula is C25H38N6. The molecule has 0 spiro atoms. The van der Waals surface area contributed by atoms with E-state index in [4.69, 9.17) is 0 Å². The summed E-state index contributed by atoms with van der Waals surface area (Å²) in [4.78, 5) is 9.62. The molecule has 6 heteroatoms. The lowest BCUT2D eigenvalue weighted by molar-refractivity contribution is 0.177. The molecule has 31 heavy (non-hydrogen) atoms. The van der Waals surface area contributed by atoms with Crippen LogP contribution in [0.25, 0.3) is 0 Å². The second-order valence-electron chi connectivity index (χ2n) is 9.46. The summed E-state index contributed by atoms with van der Waals surface area (Å²) in [6.07, 6.45) is 9.01. The van der Waals surface area contributed by atoms with Gasteiger partial charge in [-0.1, -0.05) is 29.8 Å². The molecule has 2 saturated heterocycles. The molecule has 4 rings (SSSR count). The second kappa shape index (κ2) is 10.3. The SMILES string of the molecule is CN=C(NCC1CCN(Cc2ccc(C)cc2)CC1)N1CCC(Cc2cnn(C)c2)C1. The second-order valence-corrected chi connectivity index (χ2v) is 9.46. The van der Waals surface area contributed by atoms with E-state index in [0.717, 1.165) is 44.5 Å². The molecule has 0 bridgehead atoms. The van der Waals surface area contributed by atoms with Crippen LogP contribution in [0.2, 0.25) is 0 Å². The number of aryl methyl sites for hydroxylation is 2. The van der Waals surface area contributed by atoms with E-state index < -0.39 is 0 Å². The summed E-state index contributed by atoms with van der Waals surface area (Å²) in [6, 6.07) is 8.98. The molecule has 1 aromatic carbocycles. The highest BCUT2D eigenvalue weighted by molar-refractivity contribution is 5.80. The minimum absolute atomic E-state index is 0.688. The molecule has 2 aromatic rings. The number of hydrogen-bond donors (Lipinski definition) is 1. The van der Waals surface area contributed by atoms with Gasteiger partial charge in [0.05, 0.1) is 6.20 Å². The first kappa shape index (κ1) is 21.9. The van der Waals surface area contributed by atoms with Gasteiger partial charge in [-0.25, -0.2) is 0 Å². The number of nitrogens with one attached hydrogen (secondary N) is 1. The fourth-order valence-corrected chi connectivity index (χ4v) is 4.97.